The van der Waals surface area contributed by atoms with Crippen molar-refractivity contribution in [3.05, 3.63) is 17.5 Å². The Balaban J connectivity index is 2.60. The van der Waals surface area contributed by atoms with E-state index < -0.39 is 6.10 Å². The predicted molar refractivity (Wildman–Crippen MR) is 51.2 cm³/mol. The van der Waals surface area contributed by atoms with Gasteiger partial charge in [0.2, 0.25) is 0 Å². The van der Waals surface area contributed by atoms with Crippen LogP contribution in [0.4, 0.5) is 0 Å². The summed E-state index contributed by atoms with van der Waals surface area (Å²) >= 11 is 0. The first-order chi connectivity index (χ1) is 6.15. The van der Waals surface area contributed by atoms with Crippen LogP contribution < -0.4 is 5.73 Å². The Kier molecular flexibility index (Phi) is 3.45. The van der Waals surface area contributed by atoms with E-state index in [1.165, 1.54) is 0 Å². The Bertz CT molecular complexity index is 250. The molecule has 1 atom stereocenters. The fraction of sp³-hybridized carbons (Fsp3) is 0.667. The molecule has 0 aliphatic rings. The van der Waals surface area contributed by atoms with E-state index >= 15 is 0 Å². The van der Waals surface area contributed by atoms with Crippen molar-refractivity contribution in [3.63, 3.8) is 0 Å². The van der Waals surface area contributed by atoms with E-state index in [4.69, 9.17) is 5.73 Å². The first kappa shape index (κ1) is 10.2. The van der Waals surface area contributed by atoms with Crippen molar-refractivity contribution in [1.82, 2.24) is 9.78 Å². The van der Waals surface area contributed by atoms with Crippen LogP contribution in [0, 0.1) is 6.92 Å². The van der Waals surface area contributed by atoms with E-state index in [2.05, 4.69) is 5.10 Å². The average Bonchev–Trinajstić information content (AvgIpc) is 2.43. The van der Waals surface area contributed by atoms with Crippen molar-refractivity contribution in [2.45, 2.75) is 25.9 Å². The van der Waals surface area contributed by atoms with Gasteiger partial charge in [0.1, 0.15) is 0 Å². The molecule has 1 rings (SSSR count). The highest BCUT2D eigenvalue weighted by Gasteiger charge is 2.10. The van der Waals surface area contributed by atoms with Crippen molar-refractivity contribution < 1.29 is 5.11 Å². The van der Waals surface area contributed by atoms with Crippen molar-refractivity contribution in [2.75, 3.05) is 6.54 Å². The number of hydrogen-bond acceptors (Lipinski definition) is 3. The zero-order chi connectivity index (χ0) is 9.84. The number of nitrogens with zero attached hydrogens (tertiary/aromatic N) is 2. The maximum Gasteiger partial charge on any atom is 0.0978 e. The molecular weight excluding hydrogens is 166 g/mol. The molecule has 0 aliphatic carbocycles. The number of hydrogen-bond donors (Lipinski definition) is 2. The molecule has 0 radical (unpaired) electrons. The molecule has 4 heteroatoms. The first-order valence-electron chi connectivity index (χ1n) is 4.54. The van der Waals surface area contributed by atoms with Gasteiger partial charge in [-0.2, -0.15) is 5.10 Å². The van der Waals surface area contributed by atoms with Crippen LogP contribution in [0.25, 0.3) is 0 Å². The van der Waals surface area contributed by atoms with Gasteiger partial charge in [-0.15, -0.1) is 0 Å². The quantitative estimate of drug-likeness (QED) is 0.714. The normalized spacial score (nSPS) is 13.2. The van der Waals surface area contributed by atoms with Crippen LogP contribution in [0.3, 0.4) is 0 Å². The minimum absolute atomic E-state index is 0.469. The summed E-state index contributed by atoms with van der Waals surface area (Å²) < 4.78 is 1.76. The number of aliphatic hydroxyl groups excluding tert-OH is 1. The highest BCUT2D eigenvalue weighted by molar-refractivity contribution is 5.10. The van der Waals surface area contributed by atoms with Crippen molar-refractivity contribution in [1.29, 1.82) is 0 Å². The second-order valence-corrected chi connectivity index (χ2v) is 3.28. The zero-order valence-corrected chi connectivity index (χ0v) is 8.20. The lowest BCUT2D eigenvalue weighted by molar-refractivity contribution is 0.160. The molecule has 13 heavy (non-hydrogen) atoms. The largest absolute Gasteiger partial charge is 0.387 e. The smallest absolute Gasteiger partial charge is 0.0978 e. The highest BCUT2D eigenvalue weighted by Crippen LogP contribution is 2.16. The fourth-order valence-electron chi connectivity index (χ4n) is 1.21. The van der Waals surface area contributed by atoms with Gasteiger partial charge in [-0.3, -0.25) is 4.68 Å². The summed E-state index contributed by atoms with van der Waals surface area (Å²) in [5, 5.41) is 13.8. The van der Waals surface area contributed by atoms with Gasteiger partial charge >= 0.3 is 0 Å². The second-order valence-electron chi connectivity index (χ2n) is 3.28. The lowest BCUT2D eigenvalue weighted by atomic mass is 10.1. The van der Waals surface area contributed by atoms with Crippen LogP contribution in [0.15, 0.2) is 6.07 Å². The summed E-state index contributed by atoms with van der Waals surface area (Å²) in [5.41, 5.74) is 7.15. The Morgan fingerprint density at radius 2 is 2.38 bits per heavy atom. The summed E-state index contributed by atoms with van der Waals surface area (Å²) in [6.45, 7) is 2.58. The van der Waals surface area contributed by atoms with Crippen LogP contribution in [0.2, 0.25) is 0 Å². The molecule has 1 aromatic rings. The number of rotatable bonds is 4. The van der Waals surface area contributed by atoms with Gasteiger partial charge in [0.25, 0.3) is 0 Å². The minimum atomic E-state index is -0.469. The van der Waals surface area contributed by atoms with Gasteiger partial charge in [0.05, 0.1) is 11.8 Å². The maximum absolute atomic E-state index is 9.66. The van der Waals surface area contributed by atoms with Crippen molar-refractivity contribution >= 4 is 0 Å². The predicted octanol–water partition coefficient (Wildman–Crippen LogP) is 0.501. The van der Waals surface area contributed by atoms with Gasteiger partial charge in [0, 0.05) is 12.7 Å². The third-order valence-corrected chi connectivity index (χ3v) is 2.16. The second kappa shape index (κ2) is 4.39. The number of aryl methyl sites for hydroxylation is 2. The van der Waals surface area contributed by atoms with Gasteiger partial charge in [-0.1, -0.05) is 0 Å². The Hall–Kier alpha value is -0.870. The molecule has 1 unspecified atom stereocenters. The molecule has 0 spiro atoms. The lowest BCUT2D eigenvalue weighted by Crippen LogP contribution is -2.04. The summed E-state index contributed by atoms with van der Waals surface area (Å²) in [4.78, 5) is 0. The molecule has 0 amide bonds. The standard InChI is InChI=1S/C9H17N3O/c1-7-6-8(11-12(7)2)9(13)4-3-5-10/h6,9,13H,3-5,10H2,1-2H3. The molecule has 1 heterocycles. The van der Waals surface area contributed by atoms with Crippen LogP contribution in [0.5, 0.6) is 0 Å². The van der Waals surface area contributed by atoms with Crippen LogP contribution >= 0.6 is 0 Å². The average molecular weight is 183 g/mol. The van der Waals surface area contributed by atoms with E-state index in [-0.39, 0.29) is 0 Å². The molecule has 0 fully saturated rings. The fourth-order valence-corrected chi connectivity index (χ4v) is 1.21. The van der Waals surface area contributed by atoms with Crippen LogP contribution in [-0.4, -0.2) is 21.4 Å². The third-order valence-electron chi connectivity index (χ3n) is 2.16. The summed E-state index contributed by atoms with van der Waals surface area (Å²) in [7, 11) is 1.87. The number of nitrogens with two attached hydrogens (primary N) is 1. The lowest BCUT2D eigenvalue weighted by Gasteiger charge is -2.05. The third kappa shape index (κ3) is 2.54. The van der Waals surface area contributed by atoms with E-state index in [0.717, 1.165) is 17.8 Å². The van der Waals surface area contributed by atoms with Gasteiger partial charge in [0.15, 0.2) is 0 Å². The van der Waals surface area contributed by atoms with Crippen LogP contribution in [0.1, 0.15) is 30.3 Å². The molecule has 0 bridgehead atoms. The molecule has 3 N–H and O–H groups in total. The topological polar surface area (TPSA) is 64.1 Å². The minimum Gasteiger partial charge on any atom is -0.387 e. The van der Waals surface area contributed by atoms with E-state index in [9.17, 15) is 5.11 Å². The molecule has 0 aliphatic heterocycles. The monoisotopic (exact) mass is 183 g/mol. The molecule has 4 nitrogen and oxygen atoms in total. The Morgan fingerprint density at radius 1 is 1.69 bits per heavy atom. The molecule has 0 saturated carbocycles. The van der Waals surface area contributed by atoms with Crippen molar-refractivity contribution in [3.8, 4) is 0 Å². The molecular formula is C9H17N3O. The molecule has 74 valence electrons. The van der Waals surface area contributed by atoms with E-state index in [1.807, 2.05) is 20.0 Å². The zero-order valence-electron chi connectivity index (χ0n) is 8.20. The maximum atomic E-state index is 9.66. The summed E-state index contributed by atoms with van der Waals surface area (Å²) in [5.74, 6) is 0. The molecule has 1 aromatic heterocycles. The van der Waals surface area contributed by atoms with Gasteiger partial charge in [-0.25, -0.2) is 0 Å². The summed E-state index contributed by atoms with van der Waals surface area (Å²) in [6.07, 6.45) is 1.05. The van der Waals surface area contributed by atoms with Gasteiger partial charge < -0.3 is 10.8 Å². The summed E-state index contributed by atoms with van der Waals surface area (Å²) in [6, 6.07) is 1.90. The van der Waals surface area contributed by atoms with E-state index in [0.29, 0.717) is 13.0 Å². The highest BCUT2D eigenvalue weighted by atomic mass is 16.3. The van der Waals surface area contributed by atoms with E-state index in [1.54, 1.807) is 4.68 Å². The van der Waals surface area contributed by atoms with Crippen LogP contribution in [-0.2, 0) is 7.05 Å². The first-order valence-corrected chi connectivity index (χ1v) is 4.54. The Morgan fingerprint density at radius 3 is 2.85 bits per heavy atom. The SMILES string of the molecule is Cc1cc(C(O)CCCN)nn1C. The number of aliphatic hydroxyl groups is 1. The van der Waals surface area contributed by atoms with Gasteiger partial charge in [-0.05, 0) is 32.4 Å². The number of aromatic nitrogens is 2. The Labute approximate surface area is 78.4 Å². The van der Waals surface area contributed by atoms with Crippen molar-refractivity contribution in [2.24, 2.45) is 12.8 Å². The molecule has 0 saturated heterocycles. The molecule has 0 aromatic carbocycles.